The Hall–Kier alpha value is -2.57. The first kappa shape index (κ1) is 14.8. The van der Waals surface area contributed by atoms with Crippen LogP contribution in [0.25, 0.3) is 0 Å². The second kappa shape index (κ2) is 5.43. The Morgan fingerprint density at radius 2 is 1.81 bits per heavy atom. The molecule has 0 heterocycles. The Balaban J connectivity index is 2.27. The fourth-order valence-electron chi connectivity index (χ4n) is 1.70. The van der Waals surface area contributed by atoms with Crippen molar-refractivity contribution >= 4 is 17.2 Å². The lowest BCUT2D eigenvalue weighted by molar-refractivity contribution is -0.137. The molecule has 0 bridgehead atoms. The van der Waals surface area contributed by atoms with E-state index in [-0.39, 0.29) is 22.8 Å². The number of alkyl halides is 3. The van der Waals surface area contributed by atoms with Crippen LogP contribution in [0.5, 0.6) is 0 Å². The summed E-state index contributed by atoms with van der Waals surface area (Å²) in [5, 5.41) is 10.2. The van der Waals surface area contributed by atoms with Gasteiger partial charge in [-0.15, -0.1) is 0 Å². The Kier molecular flexibility index (Phi) is 3.84. The van der Waals surface area contributed by atoms with E-state index in [1.807, 2.05) is 0 Å². The quantitative estimate of drug-likeness (QED) is 0.341. The standard InChI is InChI=1S/C14H11F4N3/c15-11-5-4-10(19)7-12(11)21-13(20)8-2-1-3-9(6-8)14(16,17)18/h1-7H,19H2,(H2,20,21). The highest BCUT2D eigenvalue weighted by Crippen LogP contribution is 2.29. The van der Waals surface area contributed by atoms with Crippen LogP contribution in [0.1, 0.15) is 11.1 Å². The molecular formula is C14H11F4N3. The summed E-state index contributed by atoms with van der Waals surface area (Å²) in [5.41, 5.74) is 4.82. The van der Waals surface area contributed by atoms with Gasteiger partial charge in [-0.3, -0.25) is 5.41 Å². The summed E-state index contributed by atoms with van der Waals surface area (Å²) in [7, 11) is 0. The van der Waals surface area contributed by atoms with Crippen molar-refractivity contribution in [2.75, 3.05) is 11.1 Å². The molecule has 110 valence electrons. The summed E-state index contributed by atoms with van der Waals surface area (Å²) in [6.45, 7) is 0. The van der Waals surface area contributed by atoms with E-state index < -0.39 is 17.6 Å². The minimum atomic E-state index is -4.50. The van der Waals surface area contributed by atoms with Crippen molar-refractivity contribution in [1.82, 2.24) is 0 Å². The molecule has 0 aliphatic rings. The molecule has 0 aliphatic carbocycles. The highest BCUT2D eigenvalue weighted by atomic mass is 19.4. The number of nitrogens with one attached hydrogen (secondary N) is 2. The zero-order valence-corrected chi connectivity index (χ0v) is 10.6. The molecule has 2 rings (SSSR count). The van der Waals surface area contributed by atoms with Crippen LogP contribution in [-0.4, -0.2) is 5.84 Å². The average molecular weight is 297 g/mol. The number of rotatable bonds is 2. The monoisotopic (exact) mass is 297 g/mol. The van der Waals surface area contributed by atoms with Crippen molar-refractivity contribution in [2.24, 2.45) is 0 Å². The summed E-state index contributed by atoms with van der Waals surface area (Å²) >= 11 is 0. The fourth-order valence-corrected chi connectivity index (χ4v) is 1.70. The SMILES string of the molecule is N=C(Nc1cc(N)ccc1F)c1cccc(C(F)(F)F)c1. The number of halogens is 4. The van der Waals surface area contributed by atoms with Crippen molar-refractivity contribution in [3.8, 4) is 0 Å². The highest BCUT2D eigenvalue weighted by Gasteiger charge is 2.30. The Labute approximate surface area is 117 Å². The zero-order chi connectivity index (χ0) is 15.6. The van der Waals surface area contributed by atoms with Crippen molar-refractivity contribution in [1.29, 1.82) is 5.41 Å². The average Bonchev–Trinajstić information content (AvgIpc) is 2.42. The van der Waals surface area contributed by atoms with Gasteiger partial charge in [-0.2, -0.15) is 13.2 Å². The molecule has 0 saturated heterocycles. The van der Waals surface area contributed by atoms with Gasteiger partial charge >= 0.3 is 6.18 Å². The zero-order valence-electron chi connectivity index (χ0n) is 10.6. The molecule has 0 aromatic heterocycles. The van der Waals surface area contributed by atoms with E-state index in [0.717, 1.165) is 18.2 Å². The van der Waals surface area contributed by atoms with Crippen LogP contribution in [0.4, 0.5) is 28.9 Å². The molecule has 3 nitrogen and oxygen atoms in total. The smallest absolute Gasteiger partial charge is 0.399 e. The number of hydrogen-bond acceptors (Lipinski definition) is 2. The maximum Gasteiger partial charge on any atom is 0.416 e. The molecule has 0 saturated carbocycles. The second-order valence-corrected chi connectivity index (χ2v) is 4.32. The van der Waals surface area contributed by atoms with E-state index >= 15 is 0 Å². The number of nitrogen functional groups attached to an aromatic ring is 1. The second-order valence-electron chi connectivity index (χ2n) is 4.32. The Morgan fingerprint density at radius 1 is 1.10 bits per heavy atom. The maximum atomic E-state index is 13.5. The van der Waals surface area contributed by atoms with Gasteiger partial charge in [0.25, 0.3) is 0 Å². The maximum absolute atomic E-state index is 13.5. The Morgan fingerprint density at radius 3 is 2.48 bits per heavy atom. The van der Waals surface area contributed by atoms with E-state index in [9.17, 15) is 17.6 Å². The molecule has 7 heteroatoms. The molecule has 2 aromatic carbocycles. The minimum Gasteiger partial charge on any atom is -0.399 e. The molecule has 0 atom stereocenters. The van der Waals surface area contributed by atoms with Crippen LogP contribution in [0.15, 0.2) is 42.5 Å². The molecule has 0 radical (unpaired) electrons. The van der Waals surface area contributed by atoms with Crippen LogP contribution >= 0.6 is 0 Å². The number of hydrogen-bond donors (Lipinski definition) is 3. The molecular weight excluding hydrogens is 286 g/mol. The van der Waals surface area contributed by atoms with Gasteiger partial charge in [0, 0.05) is 11.3 Å². The van der Waals surface area contributed by atoms with E-state index in [2.05, 4.69) is 5.32 Å². The topological polar surface area (TPSA) is 61.9 Å². The fraction of sp³-hybridized carbons (Fsp3) is 0.0714. The number of anilines is 2. The van der Waals surface area contributed by atoms with Gasteiger partial charge in [0.2, 0.25) is 0 Å². The summed E-state index contributed by atoms with van der Waals surface area (Å²) in [6.07, 6.45) is -4.50. The lowest BCUT2D eigenvalue weighted by Gasteiger charge is -2.12. The van der Waals surface area contributed by atoms with Gasteiger partial charge < -0.3 is 11.1 Å². The van der Waals surface area contributed by atoms with Crippen LogP contribution in [0, 0.1) is 11.2 Å². The van der Waals surface area contributed by atoms with E-state index in [4.69, 9.17) is 11.1 Å². The molecule has 21 heavy (non-hydrogen) atoms. The van der Waals surface area contributed by atoms with Crippen molar-refractivity contribution in [2.45, 2.75) is 6.18 Å². The number of amidine groups is 1. The first-order chi connectivity index (χ1) is 9.77. The van der Waals surface area contributed by atoms with Crippen molar-refractivity contribution in [3.05, 3.63) is 59.4 Å². The van der Waals surface area contributed by atoms with Crippen LogP contribution in [-0.2, 0) is 6.18 Å². The molecule has 0 unspecified atom stereocenters. The predicted molar refractivity (Wildman–Crippen MR) is 72.7 cm³/mol. The van der Waals surface area contributed by atoms with Crippen LogP contribution in [0.2, 0.25) is 0 Å². The normalized spacial score (nSPS) is 11.2. The molecule has 0 fully saturated rings. The number of benzene rings is 2. The molecule has 0 spiro atoms. The van der Waals surface area contributed by atoms with Gasteiger partial charge in [-0.1, -0.05) is 12.1 Å². The highest BCUT2D eigenvalue weighted by molar-refractivity contribution is 6.06. The molecule has 0 amide bonds. The summed E-state index contributed by atoms with van der Waals surface area (Å²) in [5.74, 6) is -1.01. The largest absolute Gasteiger partial charge is 0.416 e. The summed E-state index contributed by atoms with van der Waals surface area (Å²) < 4.78 is 51.3. The predicted octanol–water partition coefficient (Wildman–Crippen LogP) is 3.86. The minimum absolute atomic E-state index is 0.00773. The first-order valence-corrected chi connectivity index (χ1v) is 5.85. The number of nitrogens with two attached hydrogens (primary N) is 1. The lowest BCUT2D eigenvalue weighted by Crippen LogP contribution is -2.15. The molecule has 4 N–H and O–H groups in total. The van der Waals surface area contributed by atoms with Crippen LogP contribution in [0.3, 0.4) is 0 Å². The molecule has 0 aliphatic heterocycles. The van der Waals surface area contributed by atoms with Gasteiger partial charge in [-0.05, 0) is 30.3 Å². The summed E-state index contributed by atoms with van der Waals surface area (Å²) in [4.78, 5) is 0. The van der Waals surface area contributed by atoms with E-state index in [1.54, 1.807) is 0 Å². The lowest BCUT2D eigenvalue weighted by atomic mass is 10.1. The Bertz CT molecular complexity index is 680. The van der Waals surface area contributed by atoms with Crippen molar-refractivity contribution in [3.63, 3.8) is 0 Å². The van der Waals surface area contributed by atoms with Crippen LogP contribution < -0.4 is 11.1 Å². The third-order valence-electron chi connectivity index (χ3n) is 2.73. The third kappa shape index (κ3) is 3.50. The third-order valence-corrected chi connectivity index (χ3v) is 2.73. The van der Waals surface area contributed by atoms with E-state index in [0.29, 0.717) is 0 Å². The van der Waals surface area contributed by atoms with Gasteiger partial charge in [0.15, 0.2) is 0 Å². The molecule has 2 aromatic rings. The van der Waals surface area contributed by atoms with Gasteiger partial charge in [0.1, 0.15) is 11.7 Å². The van der Waals surface area contributed by atoms with Crippen molar-refractivity contribution < 1.29 is 17.6 Å². The summed E-state index contributed by atoms with van der Waals surface area (Å²) in [6, 6.07) is 7.94. The first-order valence-electron chi connectivity index (χ1n) is 5.85. The van der Waals surface area contributed by atoms with Gasteiger partial charge in [-0.25, -0.2) is 4.39 Å². The van der Waals surface area contributed by atoms with E-state index in [1.165, 1.54) is 24.3 Å². The van der Waals surface area contributed by atoms with Gasteiger partial charge in [0.05, 0.1) is 11.3 Å².